The second kappa shape index (κ2) is 1.59. The fourth-order valence-corrected chi connectivity index (χ4v) is 1.51. The van der Waals surface area contributed by atoms with E-state index in [4.69, 9.17) is 5.16 Å². The van der Waals surface area contributed by atoms with Crippen LogP contribution in [0.25, 0.3) is 0 Å². The van der Waals surface area contributed by atoms with Crippen molar-refractivity contribution >= 4 is 7.71 Å². The van der Waals surface area contributed by atoms with Gasteiger partial charge in [-0.15, -0.1) is 5.16 Å². The summed E-state index contributed by atoms with van der Waals surface area (Å²) in [4.78, 5) is 0. The van der Waals surface area contributed by atoms with E-state index in [0.29, 0.717) is 0 Å². The smallest absolute Gasteiger partial charge is 0.115 e. The molecule has 0 saturated carbocycles. The molecule has 0 amide bonds. The van der Waals surface area contributed by atoms with Crippen LogP contribution in [0.2, 0.25) is 0 Å². The van der Waals surface area contributed by atoms with E-state index in [0.717, 1.165) is 0 Å². The van der Waals surface area contributed by atoms with Crippen LogP contribution in [0.5, 0.6) is 0 Å². The average molecular weight is 112 g/mol. The summed E-state index contributed by atoms with van der Waals surface area (Å²) in [5.74, 6) is 3.92. The van der Waals surface area contributed by atoms with Crippen LogP contribution < -0.4 is 0 Å². The molecule has 0 saturated heterocycles. The fourth-order valence-electron chi connectivity index (χ4n) is 0.503. The number of hydrogen-bond donors (Lipinski definition) is 1. The number of allylic oxidation sites excluding steroid dienone is 2. The Bertz CT molecular complexity index is 155. The van der Waals surface area contributed by atoms with Crippen molar-refractivity contribution in [2.24, 2.45) is 0 Å². The molecule has 0 aromatic carbocycles. The normalized spacial score (nSPS) is 23.0. The van der Waals surface area contributed by atoms with E-state index < -0.39 is 7.71 Å². The molecular weight excluding hydrogens is 105 g/mol. The molecule has 1 rings (SSSR count). The zero-order valence-electron chi connectivity index (χ0n) is 4.18. The van der Waals surface area contributed by atoms with Crippen LogP contribution in [0.15, 0.2) is 23.3 Å². The maximum atomic E-state index is 7.16. The van der Waals surface area contributed by atoms with Gasteiger partial charge in [-0.3, -0.25) is 0 Å². The van der Waals surface area contributed by atoms with Gasteiger partial charge in [0.2, 0.25) is 0 Å². The maximum absolute atomic E-state index is 7.16. The Morgan fingerprint density at radius 2 is 2.43 bits per heavy atom. The van der Waals surface area contributed by atoms with Crippen LogP contribution >= 0.6 is 7.71 Å². The van der Waals surface area contributed by atoms with Crippen molar-refractivity contribution in [1.29, 1.82) is 5.16 Å². The average Bonchev–Trinajstić information content (AvgIpc) is 1.87. The molecule has 2 heteroatoms. The lowest BCUT2D eigenvalue weighted by atomic mass is 10.4. The highest BCUT2D eigenvalue weighted by atomic mass is 31.1. The molecule has 1 unspecified atom stereocenters. The van der Waals surface area contributed by atoms with Crippen molar-refractivity contribution < 1.29 is 0 Å². The van der Waals surface area contributed by atoms with Crippen molar-refractivity contribution in [3.05, 3.63) is 23.3 Å². The molecular formula is C5H7NP+. The van der Waals surface area contributed by atoms with E-state index in [1.807, 2.05) is 24.6 Å². The minimum Gasteiger partial charge on any atom is -0.115 e. The molecule has 0 aliphatic carbocycles. The molecule has 0 spiro atoms. The lowest BCUT2D eigenvalue weighted by Gasteiger charge is -1.66. The predicted octanol–water partition coefficient (Wildman–Crippen LogP) is 2.66. The van der Waals surface area contributed by atoms with Gasteiger partial charge < -0.3 is 0 Å². The van der Waals surface area contributed by atoms with E-state index >= 15 is 0 Å². The van der Waals surface area contributed by atoms with Gasteiger partial charge in [0.15, 0.2) is 0 Å². The number of hydrogen-bond acceptors (Lipinski definition) is 1. The number of rotatable bonds is 0. The first-order valence-corrected chi connectivity index (χ1v) is 3.63. The van der Waals surface area contributed by atoms with Crippen LogP contribution in [-0.4, -0.2) is 0 Å². The van der Waals surface area contributed by atoms with Gasteiger partial charge in [-0.2, -0.15) is 0 Å². The van der Waals surface area contributed by atoms with Crippen LogP contribution in [0.4, 0.5) is 0 Å². The van der Waals surface area contributed by atoms with Crippen molar-refractivity contribution in [2.45, 2.75) is 6.92 Å². The van der Waals surface area contributed by atoms with E-state index in [1.54, 1.807) is 0 Å². The monoisotopic (exact) mass is 112 g/mol. The Hall–Kier alpha value is -0.420. The highest BCUT2D eigenvalue weighted by Crippen LogP contribution is 2.32. The Labute approximate surface area is 44.0 Å². The second-order valence-electron chi connectivity index (χ2n) is 1.60. The van der Waals surface area contributed by atoms with Gasteiger partial charge in [0.05, 0.1) is 0 Å². The summed E-state index contributed by atoms with van der Waals surface area (Å²) in [6.45, 7) is 2.02. The highest BCUT2D eigenvalue weighted by Gasteiger charge is 2.05. The van der Waals surface area contributed by atoms with Gasteiger partial charge in [-0.25, -0.2) is 0 Å². The molecule has 0 aromatic heterocycles. The third-order valence-electron chi connectivity index (χ3n) is 0.841. The van der Waals surface area contributed by atoms with E-state index in [2.05, 4.69) is 0 Å². The fraction of sp³-hybridized carbons (Fsp3) is 0.200. The lowest BCUT2D eigenvalue weighted by Crippen LogP contribution is -1.50. The summed E-state index contributed by atoms with van der Waals surface area (Å²) in [7, 11) is -0.597. The van der Waals surface area contributed by atoms with Crippen LogP contribution in [0.3, 0.4) is 0 Å². The molecule has 0 bridgehead atoms. The summed E-state index contributed by atoms with van der Waals surface area (Å²) in [6, 6.07) is 0. The topological polar surface area (TPSA) is 23.9 Å². The molecule has 0 fully saturated rings. The van der Waals surface area contributed by atoms with Crippen LogP contribution in [0, 0.1) is 5.16 Å². The van der Waals surface area contributed by atoms with Crippen molar-refractivity contribution in [3.63, 3.8) is 0 Å². The lowest BCUT2D eigenvalue weighted by molar-refractivity contribution is 1.57. The maximum Gasteiger partial charge on any atom is 0.258 e. The summed E-state index contributed by atoms with van der Waals surface area (Å²) >= 11 is 0. The molecule has 1 nitrogen and oxygen atoms in total. The zero-order chi connectivity index (χ0) is 5.28. The van der Waals surface area contributed by atoms with E-state index in [9.17, 15) is 0 Å². The molecule has 1 heterocycles. The highest BCUT2D eigenvalue weighted by molar-refractivity contribution is 7.53. The summed E-state index contributed by atoms with van der Waals surface area (Å²) in [6.07, 6.45) is 2.00. The quantitative estimate of drug-likeness (QED) is 0.466. The van der Waals surface area contributed by atoms with Gasteiger partial charge >= 0.3 is 0 Å². The van der Waals surface area contributed by atoms with E-state index in [1.165, 1.54) is 5.57 Å². The van der Waals surface area contributed by atoms with Crippen molar-refractivity contribution in [2.75, 3.05) is 0 Å². The van der Waals surface area contributed by atoms with E-state index in [-0.39, 0.29) is 0 Å². The first-order valence-electron chi connectivity index (χ1n) is 2.15. The largest absolute Gasteiger partial charge is 0.258 e. The Balaban J connectivity index is 2.88. The third kappa shape index (κ3) is 0.971. The molecule has 1 N–H and O–H groups in total. The van der Waals surface area contributed by atoms with Crippen molar-refractivity contribution in [1.82, 2.24) is 0 Å². The van der Waals surface area contributed by atoms with Gasteiger partial charge in [0.1, 0.15) is 11.6 Å². The zero-order valence-corrected chi connectivity index (χ0v) is 5.07. The Kier molecular flexibility index (Phi) is 1.07. The molecule has 7 heavy (non-hydrogen) atoms. The van der Waals surface area contributed by atoms with Gasteiger partial charge in [0, 0.05) is 0 Å². The Morgan fingerprint density at radius 3 is 2.57 bits per heavy atom. The standard InChI is InChI=1S/C5H7NP/c1-5-2-3-7(6)4-5/h2-4,6H,1H3/q+1. The minimum atomic E-state index is -0.597. The van der Waals surface area contributed by atoms with Gasteiger partial charge in [0.25, 0.3) is 7.71 Å². The molecule has 0 aromatic rings. The second-order valence-corrected chi connectivity index (χ2v) is 2.97. The SMILES string of the molecule is CC1=C[P+](=N)C=C1. The van der Waals surface area contributed by atoms with Crippen LogP contribution in [-0.2, 0) is 0 Å². The summed E-state index contributed by atoms with van der Waals surface area (Å²) in [5, 5.41) is 7.16. The summed E-state index contributed by atoms with van der Waals surface area (Å²) < 4.78 is 0. The Morgan fingerprint density at radius 1 is 1.71 bits per heavy atom. The molecule has 1 aliphatic rings. The minimum absolute atomic E-state index is 0.597. The first kappa shape index (κ1) is 4.73. The van der Waals surface area contributed by atoms with Gasteiger partial charge in [-0.1, -0.05) is 0 Å². The number of nitrogens with one attached hydrogen (secondary N) is 1. The predicted molar refractivity (Wildman–Crippen MR) is 32.5 cm³/mol. The third-order valence-corrected chi connectivity index (χ3v) is 2.00. The molecule has 36 valence electrons. The first-order chi connectivity index (χ1) is 3.29. The van der Waals surface area contributed by atoms with Gasteiger partial charge in [-0.05, 0) is 18.6 Å². The van der Waals surface area contributed by atoms with Crippen LogP contribution in [0.1, 0.15) is 6.92 Å². The molecule has 0 radical (unpaired) electrons. The molecule has 1 atom stereocenters. The molecule has 1 aliphatic heterocycles. The summed E-state index contributed by atoms with van der Waals surface area (Å²) in [5.41, 5.74) is 1.24. The van der Waals surface area contributed by atoms with Crippen molar-refractivity contribution in [3.8, 4) is 0 Å².